The Bertz CT molecular complexity index is 570. The van der Waals surface area contributed by atoms with E-state index < -0.39 is 0 Å². The van der Waals surface area contributed by atoms with Crippen LogP contribution in [0, 0.1) is 6.92 Å². The number of hydrogen-bond acceptors (Lipinski definition) is 5. The van der Waals surface area contributed by atoms with E-state index in [9.17, 15) is 4.79 Å². The van der Waals surface area contributed by atoms with Crippen LogP contribution in [-0.4, -0.2) is 22.6 Å². The van der Waals surface area contributed by atoms with E-state index in [0.717, 1.165) is 10.2 Å². The predicted molar refractivity (Wildman–Crippen MR) is 73.5 cm³/mol. The van der Waals surface area contributed by atoms with E-state index in [1.807, 2.05) is 24.3 Å². The van der Waals surface area contributed by atoms with Gasteiger partial charge in [0, 0.05) is 10.2 Å². The van der Waals surface area contributed by atoms with Crippen molar-refractivity contribution in [2.45, 2.75) is 13.5 Å². The third-order valence-electron chi connectivity index (χ3n) is 2.24. The molecule has 0 saturated carbocycles. The number of carbonyl (C=O) groups excluding carboxylic acids is 1. The lowest BCUT2D eigenvalue weighted by Crippen LogP contribution is -2.27. The van der Waals surface area contributed by atoms with Crippen molar-refractivity contribution in [3.05, 3.63) is 40.5 Å². The van der Waals surface area contributed by atoms with E-state index in [1.54, 1.807) is 6.92 Å². The number of nitrogens with one attached hydrogen (secondary N) is 2. The van der Waals surface area contributed by atoms with Crippen LogP contribution in [0.25, 0.3) is 0 Å². The second kappa shape index (κ2) is 6.44. The zero-order valence-electron chi connectivity index (χ0n) is 10.3. The van der Waals surface area contributed by atoms with Crippen molar-refractivity contribution in [3.63, 3.8) is 0 Å². The minimum absolute atomic E-state index is 0.130. The Morgan fingerprint density at radius 2 is 2.32 bits per heavy atom. The number of aryl methyl sites for hydroxylation is 1. The summed E-state index contributed by atoms with van der Waals surface area (Å²) in [7, 11) is 0. The van der Waals surface area contributed by atoms with Gasteiger partial charge in [-0.05, 0) is 25.1 Å². The fourth-order valence-corrected chi connectivity index (χ4v) is 1.87. The molecule has 0 aliphatic carbocycles. The number of nitrogens with zero attached hydrogens (tertiary/aromatic N) is 2. The highest BCUT2D eigenvalue weighted by Crippen LogP contribution is 2.15. The first-order chi connectivity index (χ1) is 9.13. The molecule has 2 rings (SSSR count). The first-order valence-corrected chi connectivity index (χ1v) is 6.48. The van der Waals surface area contributed by atoms with Crippen molar-refractivity contribution in [2.24, 2.45) is 0 Å². The van der Waals surface area contributed by atoms with Gasteiger partial charge < -0.3 is 9.84 Å². The maximum atomic E-state index is 11.7. The van der Waals surface area contributed by atoms with Gasteiger partial charge >= 0.3 is 0 Å². The number of aromatic nitrogens is 2. The van der Waals surface area contributed by atoms with E-state index in [1.165, 1.54) is 0 Å². The Morgan fingerprint density at radius 1 is 1.47 bits per heavy atom. The number of hydrogen-bond donors (Lipinski definition) is 2. The van der Waals surface area contributed by atoms with Crippen LogP contribution in [0.1, 0.15) is 11.7 Å². The van der Waals surface area contributed by atoms with Crippen molar-refractivity contribution in [1.82, 2.24) is 15.5 Å². The van der Waals surface area contributed by atoms with E-state index in [0.29, 0.717) is 18.3 Å². The summed E-state index contributed by atoms with van der Waals surface area (Å²) in [6, 6.07) is 7.41. The van der Waals surface area contributed by atoms with Gasteiger partial charge in [0.15, 0.2) is 5.82 Å². The Kier molecular flexibility index (Phi) is 4.64. The monoisotopic (exact) mass is 324 g/mol. The molecule has 0 fully saturated rings. The Labute approximate surface area is 118 Å². The van der Waals surface area contributed by atoms with E-state index >= 15 is 0 Å². The molecule has 0 spiro atoms. The summed E-state index contributed by atoms with van der Waals surface area (Å²) in [5.41, 5.74) is 0.745. The molecular formula is C12H13BrN4O2. The third kappa shape index (κ3) is 4.46. The van der Waals surface area contributed by atoms with Gasteiger partial charge in [0.05, 0.1) is 13.1 Å². The molecule has 1 aromatic heterocycles. The van der Waals surface area contributed by atoms with Crippen LogP contribution in [0.3, 0.4) is 0 Å². The van der Waals surface area contributed by atoms with Gasteiger partial charge in [-0.15, -0.1) is 0 Å². The molecule has 2 aromatic rings. The predicted octanol–water partition coefficient (Wildman–Crippen LogP) is 1.87. The second-order valence-electron chi connectivity index (χ2n) is 3.90. The van der Waals surface area contributed by atoms with Gasteiger partial charge in [0.25, 0.3) is 0 Å². The molecule has 1 heterocycles. The molecule has 0 radical (unpaired) electrons. The van der Waals surface area contributed by atoms with E-state index in [2.05, 4.69) is 36.7 Å². The lowest BCUT2D eigenvalue weighted by atomic mass is 10.3. The fraction of sp³-hybridized carbons (Fsp3) is 0.250. The molecule has 0 atom stereocenters. The Balaban J connectivity index is 1.76. The number of carbonyl (C=O) groups is 1. The van der Waals surface area contributed by atoms with Crippen LogP contribution in [-0.2, 0) is 11.3 Å². The quantitative estimate of drug-likeness (QED) is 0.877. The highest BCUT2D eigenvalue weighted by Gasteiger charge is 2.05. The van der Waals surface area contributed by atoms with Crippen LogP contribution in [0.5, 0.6) is 0 Å². The molecule has 0 bridgehead atoms. The van der Waals surface area contributed by atoms with Crippen molar-refractivity contribution in [3.8, 4) is 0 Å². The van der Waals surface area contributed by atoms with Crippen LogP contribution >= 0.6 is 15.9 Å². The zero-order valence-corrected chi connectivity index (χ0v) is 11.9. The van der Waals surface area contributed by atoms with Gasteiger partial charge in [-0.1, -0.05) is 27.2 Å². The largest absolute Gasteiger partial charge is 0.338 e. The molecule has 0 aliphatic heterocycles. The first-order valence-electron chi connectivity index (χ1n) is 5.69. The SMILES string of the molecule is Cc1noc(CNCC(=O)Nc2cccc(Br)c2)n1. The van der Waals surface area contributed by atoms with Crippen LogP contribution < -0.4 is 10.6 Å². The normalized spacial score (nSPS) is 10.4. The summed E-state index contributed by atoms with van der Waals surface area (Å²) in [5.74, 6) is 0.914. The van der Waals surface area contributed by atoms with Crippen molar-refractivity contribution in [2.75, 3.05) is 11.9 Å². The van der Waals surface area contributed by atoms with Gasteiger partial charge in [0.2, 0.25) is 11.8 Å². The number of rotatable bonds is 5. The average molecular weight is 325 g/mol. The minimum Gasteiger partial charge on any atom is -0.338 e. The van der Waals surface area contributed by atoms with Crippen molar-refractivity contribution in [1.29, 1.82) is 0 Å². The zero-order chi connectivity index (χ0) is 13.7. The molecule has 1 amide bonds. The maximum absolute atomic E-state index is 11.7. The molecule has 0 aliphatic rings. The summed E-state index contributed by atoms with van der Waals surface area (Å²) < 4.78 is 5.83. The van der Waals surface area contributed by atoms with Crippen LogP contribution in [0.4, 0.5) is 5.69 Å². The van der Waals surface area contributed by atoms with Crippen molar-refractivity contribution < 1.29 is 9.32 Å². The molecule has 6 nitrogen and oxygen atoms in total. The number of anilines is 1. The van der Waals surface area contributed by atoms with Gasteiger partial charge in [-0.25, -0.2) is 0 Å². The standard InChI is InChI=1S/C12H13BrN4O2/c1-8-15-12(19-17-8)7-14-6-11(18)16-10-4-2-3-9(13)5-10/h2-5,14H,6-7H2,1H3,(H,16,18). The molecule has 100 valence electrons. The van der Waals surface area contributed by atoms with Gasteiger partial charge in [-0.3, -0.25) is 10.1 Å². The molecular weight excluding hydrogens is 312 g/mol. The summed E-state index contributed by atoms with van der Waals surface area (Å²) in [5, 5.41) is 9.37. The third-order valence-corrected chi connectivity index (χ3v) is 2.73. The number of halogens is 1. The van der Waals surface area contributed by atoms with Crippen LogP contribution in [0.2, 0.25) is 0 Å². The average Bonchev–Trinajstić information content (AvgIpc) is 2.75. The Hall–Kier alpha value is -1.73. The van der Waals surface area contributed by atoms with Gasteiger partial charge in [0.1, 0.15) is 0 Å². The van der Waals surface area contributed by atoms with Crippen molar-refractivity contribution >= 4 is 27.5 Å². The molecule has 2 N–H and O–H groups in total. The molecule has 0 saturated heterocycles. The molecule has 7 heteroatoms. The highest BCUT2D eigenvalue weighted by molar-refractivity contribution is 9.10. The van der Waals surface area contributed by atoms with Crippen LogP contribution in [0.15, 0.2) is 33.3 Å². The molecule has 0 unspecified atom stereocenters. The molecule has 1 aromatic carbocycles. The van der Waals surface area contributed by atoms with E-state index in [-0.39, 0.29) is 12.5 Å². The smallest absolute Gasteiger partial charge is 0.240 e. The van der Waals surface area contributed by atoms with Gasteiger partial charge in [-0.2, -0.15) is 4.98 Å². The summed E-state index contributed by atoms with van der Waals surface area (Å²) >= 11 is 3.34. The lowest BCUT2D eigenvalue weighted by molar-refractivity contribution is -0.115. The summed E-state index contributed by atoms with van der Waals surface area (Å²) in [6.07, 6.45) is 0. The lowest BCUT2D eigenvalue weighted by Gasteiger charge is -2.05. The Morgan fingerprint density at radius 3 is 3.00 bits per heavy atom. The first kappa shape index (κ1) is 13.7. The molecule has 19 heavy (non-hydrogen) atoms. The maximum Gasteiger partial charge on any atom is 0.240 e. The topological polar surface area (TPSA) is 80.0 Å². The van der Waals surface area contributed by atoms with E-state index in [4.69, 9.17) is 4.52 Å². The number of amides is 1. The second-order valence-corrected chi connectivity index (χ2v) is 4.81. The summed E-state index contributed by atoms with van der Waals surface area (Å²) in [6.45, 7) is 2.29. The summed E-state index contributed by atoms with van der Waals surface area (Å²) in [4.78, 5) is 15.7. The highest BCUT2D eigenvalue weighted by atomic mass is 79.9. The minimum atomic E-state index is -0.130. The number of benzene rings is 1. The fourth-order valence-electron chi connectivity index (χ4n) is 1.47.